The van der Waals surface area contributed by atoms with Crippen molar-refractivity contribution in [1.82, 2.24) is 4.90 Å². The van der Waals surface area contributed by atoms with Crippen molar-refractivity contribution in [3.63, 3.8) is 0 Å². The van der Waals surface area contributed by atoms with Crippen LogP contribution in [0.15, 0.2) is 22.7 Å². The van der Waals surface area contributed by atoms with Gasteiger partial charge in [0.05, 0.1) is 11.8 Å². The predicted octanol–water partition coefficient (Wildman–Crippen LogP) is 3.18. The lowest BCUT2D eigenvalue weighted by molar-refractivity contribution is 0.199. The van der Waals surface area contributed by atoms with Gasteiger partial charge in [0.1, 0.15) is 0 Å². The number of hydrogen-bond acceptors (Lipinski definition) is 3. The zero-order chi connectivity index (χ0) is 14.1. The molecule has 0 aliphatic carbocycles. The van der Waals surface area contributed by atoms with Gasteiger partial charge in [0.15, 0.2) is 0 Å². The van der Waals surface area contributed by atoms with E-state index in [2.05, 4.69) is 31.8 Å². The lowest BCUT2D eigenvalue weighted by atomic mass is 10.1. The second-order valence-electron chi connectivity index (χ2n) is 6.02. The maximum Gasteiger partial charge on any atom is 0.0762 e. The minimum atomic E-state index is -0.406. The predicted molar refractivity (Wildman–Crippen MR) is 86.2 cm³/mol. The smallest absolute Gasteiger partial charge is 0.0762 e. The van der Waals surface area contributed by atoms with E-state index in [-0.39, 0.29) is 0 Å². The summed E-state index contributed by atoms with van der Waals surface area (Å²) in [5.41, 5.74) is 2.23. The van der Waals surface area contributed by atoms with E-state index in [1.54, 1.807) is 6.92 Å². The van der Waals surface area contributed by atoms with Crippen LogP contribution in [0.3, 0.4) is 0 Å². The highest BCUT2D eigenvalue weighted by atomic mass is 79.9. The van der Waals surface area contributed by atoms with Crippen molar-refractivity contribution in [1.29, 1.82) is 0 Å². The van der Waals surface area contributed by atoms with Crippen LogP contribution in [0.2, 0.25) is 0 Å². The van der Waals surface area contributed by atoms with Gasteiger partial charge in [0.2, 0.25) is 0 Å². The van der Waals surface area contributed by atoms with Crippen LogP contribution in [0.1, 0.15) is 37.9 Å². The molecule has 1 aromatic rings. The average molecular weight is 339 g/mol. The van der Waals surface area contributed by atoms with Crippen LogP contribution in [0, 0.1) is 0 Å². The maximum atomic E-state index is 9.65. The van der Waals surface area contributed by atoms with Crippen LogP contribution in [0.4, 0.5) is 5.69 Å². The van der Waals surface area contributed by atoms with Crippen molar-refractivity contribution in [3.05, 3.63) is 28.2 Å². The van der Waals surface area contributed by atoms with Crippen molar-refractivity contribution in [2.24, 2.45) is 0 Å². The van der Waals surface area contributed by atoms with Crippen LogP contribution >= 0.6 is 15.9 Å². The molecule has 0 saturated carbocycles. The molecule has 0 spiro atoms. The van der Waals surface area contributed by atoms with E-state index in [1.165, 1.54) is 38.0 Å². The fourth-order valence-electron chi connectivity index (χ4n) is 3.40. The molecule has 2 unspecified atom stereocenters. The van der Waals surface area contributed by atoms with Crippen LogP contribution in [0.25, 0.3) is 0 Å². The fraction of sp³-hybridized carbons (Fsp3) is 0.625. The Kier molecular flexibility index (Phi) is 4.34. The molecule has 4 heteroatoms. The van der Waals surface area contributed by atoms with Gasteiger partial charge in [-0.1, -0.05) is 6.07 Å². The Labute approximate surface area is 129 Å². The summed E-state index contributed by atoms with van der Waals surface area (Å²) in [7, 11) is 0. The molecule has 2 aliphatic heterocycles. The molecule has 1 aromatic carbocycles. The number of aliphatic hydroxyl groups excluding tert-OH is 1. The summed E-state index contributed by atoms with van der Waals surface area (Å²) in [5.74, 6) is 0. The molecule has 2 heterocycles. The third-order valence-corrected chi connectivity index (χ3v) is 5.25. The Morgan fingerprint density at radius 1 is 1.25 bits per heavy atom. The van der Waals surface area contributed by atoms with Crippen molar-refractivity contribution in [3.8, 4) is 0 Å². The van der Waals surface area contributed by atoms with Crippen LogP contribution < -0.4 is 4.90 Å². The summed E-state index contributed by atoms with van der Waals surface area (Å²) in [6, 6.07) is 6.94. The van der Waals surface area contributed by atoms with Gasteiger partial charge in [-0.25, -0.2) is 0 Å². The quantitative estimate of drug-likeness (QED) is 0.916. The Bertz CT molecular complexity index is 472. The highest BCUT2D eigenvalue weighted by molar-refractivity contribution is 9.10. The molecular formula is C16H23BrN2O. The van der Waals surface area contributed by atoms with E-state index in [9.17, 15) is 5.11 Å². The van der Waals surface area contributed by atoms with Crippen molar-refractivity contribution >= 4 is 21.6 Å². The first kappa shape index (κ1) is 14.4. The van der Waals surface area contributed by atoms with E-state index < -0.39 is 6.10 Å². The zero-order valence-electron chi connectivity index (χ0n) is 12.1. The van der Waals surface area contributed by atoms with Gasteiger partial charge < -0.3 is 10.0 Å². The van der Waals surface area contributed by atoms with E-state index in [0.29, 0.717) is 0 Å². The molecule has 0 bridgehead atoms. The van der Waals surface area contributed by atoms with Crippen molar-refractivity contribution in [2.75, 3.05) is 31.1 Å². The fourth-order valence-corrected chi connectivity index (χ4v) is 4.05. The first-order valence-electron chi connectivity index (χ1n) is 7.61. The van der Waals surface area contributed by atoms with Gasteiger partial charge in [-0.15, -0.1) is 0 Å². The number of anilines is 1. The molecule has 2 atom stereocenters. The molecule has 110 valence electrons. The third kappa shape index (κ3) is 2.87. The highest BCUT2D eigenvalue weighted by Gasteiger charge is 2.30. The lowest BCUT2D eigenvalue weighted by Gasteiger charge is -2.25. The minimum absolute atomic E-state index is 0.406. The monoisotopic (exact) mass is 338 g/mol. The van der Waals surface area contributed by atoms with Gasteiger partial charge in [-0.3, -0.25) is 4.90 Å². The molecule has 0 aromatic heterocycles. The summed E-state index contributed by atoms with van der Waals surface area (Å²) in [6.45, 7) is 6.63. The Morgan fingerprint density at radius 3 is 2.65 bits per heavy atom. The Balaban J connectivity index is 1.71. The molecule has 1 N–H and O–H groups in total. The third-order valence-electron chi connectivity index (χ3n) is 4.62. The number of benzene rings is 1. The highest BCUT2D eigenvalue weighted by Crippen LogP contribution is 2.33. The summed E-state index contributed by atoms with van der Waals surface area (Å²) >= 11 is 3.66. The molecule has 3 nitrogen and oxygen atoms in total. The molecule has 3 rings (SSSR count). The standard InChI is InChI=1S/C16H23BrN2O/c1-12(20)13-4-5-16(15(17)10-13)19-9-6-14(11-19)18-7-2-3-8-18/h4-5,10,12,14,20H,2-3,6-9,11H2,1H3. The normalized spacial score (nSPS) is 25.4. The molecule has 2 aliphatic rings. The van der Waals surface area contributed by atoms with E-state index in [4.69, 9.17) is 0 Å². The molecule has 2 fully saturated rings. The van der Waals surface area contributed by atoms with Crippen LogP contribution in [-0.2, 0) is 0 Å². The number of rotatable bonds is 3. The number of likely N-dealkylation sites (tertiary alicyclic amines) is 1. The maximum absolute atomic E-state index is 9.65. The zero-order valence-corrected chi connectivity index (χ0v) is 13.6. The van der Waals surface area contributed by atoms with Crippen LogP contribution in [0.5, 0.6) is 0 Å². The number of nitrogens with zero attached hydrogens (tertiary/aromatic N) is 2. The number of aliphatic hydroxyl groups is 1. The SMILES string of the molecule is CC(O)c1ccc(N2CCC(N3CCCC3)C2)c(Br)c1. The summed E-state index contributed by atoms with van der Waals surface area (Å²) in [6.07, 6.45) is 3.59. The van der Waals surface area contributed by atoms with E-state index in [0.717, 1.165) is 29.2 Å². The topological polar surface area (TPSA) is 26.7 Å². The minimum Gasteiger partial charge on any atom is -0.389 e. The van der Waals surface area contributed by atoms with E-state index in [1.807, 2.05) is 12.1 Å². The molecule has 0 radical (unpaired) electrons. The summed E-state index contributed by atoms with van der Waals surface area (Å²) in [5, 5.41) is 9.65. The first-order valence-corrected chi connectivity index (χ1v) is 8.41. The Hall–Kier alpha value is -0.580. The average Bonchev–Trinajstić information content (AvgIpc) is 3.09. The summed E-state index contributed by atoms with van der Waals surface area (Å²) < 4.78 is 1.10. The largest absolute Gasteiger partial charge is 0.389 e. The van der Waals surface area contributed by atoms with Gasteiger partial charge in [0.25, 0.3) is 0 Å². The Morgan fingerprint density at radius 2 is 2.00 bits per heavy atom. The second-order valence-corrected chi connectivity index (χ2v) is 6.87. The molecule has 20 heavy (non-hydrogen) atoms. The number of halogens is 1. The first-order chi connectivity index (χ1) is 9.65. The number of hydrogen-bond donors (Lipinski definition) is 1. The van der Waals surface area contributed by atoms with Crippen molar-refractivity contribution < 1.29 is 5.11 Å². The van der Waals surface area contributed by atoms with Gasteiger partial charge in [0, 0.05) is 23.6 Å². The molecule has 0 amide bonds. The van der Waals surface area contributed by atoms with Crippen molar-refractivity contribution in [2.45, 2.75) is 38.3 Å². The lowest BCUT2D eigenvalue weighted by Crippen LogP contribution is -2.35. The van der Waals surface area contributed by atoms with Gasteiger partial charge in [-0.05, 0) is 72.9 Å². The van der Waals surface area contributed by atoms with Gasteiger partial charge >= 0.3 is 0 Å². The van der Waals surface area contributed by atoms with Gasteiger partial charge in [-0.2, -0.15) is 0 Å². The molecular weight excluding hydrogens is 316 g/mol. The van der Waals surface area contributed by atoms with E-state index >= 15 is 0 Å². The molecule has 2 saturated heterocycles. The second kappa shape index (κ2) is 6.04. The van der Waals surface area contributed by atoms with Crippen LogP contribution in [-0.4, -0.2) is 42.2 Å². The summed E-state index contributed by atoms with van der Waals surface area (Å²) in [4.78, 5) is 5.12.